The summed E-state index contributed by atoms with van der Waals surface area (Å²) in [6.45, 7) is 5.05. The van der Waals surface area contributed by atoms with E-state index in [1.54, 1.807) is 0 Å². The fourth-order valence-corrected chi connectivity index (χ4v) is 2.67. The molecule has 94 valence electrons. The highest BCUT2D eigenvalue weighted by molar-refractivity contribution is 5.01. The highest BCUT2D eigenvalue weighted by atomic mass is 16.5. The molecule has 0 bridgehead atoms. The molecule has 17 heavy (non-hydrogen) atoms. The van der Waals surface area contributed by atoms with Crippen LogP contribution in [0.4, 0.5) is 0 Å². The standard InChI is InChI=1S/C12H20N4O/c1-8-4-10(13)6-16(5-8)7-11-14-12(17-15-11)9-2-3-9/h8-10H,2-7,13H2,1H3. The van der Waals surface area contributed by atoms with Crippen molar-refractivity contribution in [2.24, 2.45) is 11.7 Å². The van der Waals surface area contributed by atoms with Crippen molar-refractivity contribution in [2.45, 2.75) is 44.7 Å². The minimum absolute atomic E-state index is 0.286. The van der Waals surface area contributed by atoms with Gasteiger partial charge in [0.05, 0.1) is 6.54 Å². The summed E-state index contributed by atoms with van der Waals surface area (Å²) < 4.78 is 5.26. The molecule has 5 heteroatoms. The van der Waals surface area contributed by atoms with Gasteiger partial charge in [-0.1, -0.05) is 12.1 Å². The molecule has 0 radical (unpaired) electrons. The summed E-state index contributed by atoms with van der Waals surface area (Å²) in [5.74, 6) is 2.84. The summed E-state index contributed by atoms with van der Waals surface area (Å²) in [5, 5.41) is 4.05. The molecule has 3 rings (SSSR count). The van der Waals surface area contributed by atoms with Crippen LogP contribution < -0.4 is 5.73 Å². The third-order valence-electron chi connectivity index (χ3n) is 3.54. The largest absolute Gasteiger partial charge is 0.339 e. The number of hydrogen-bond acceptors (Lipinski definition) is 5. The lowest BCUT2D eigenvalue weighted by Gasteiger charge is -2.33. The van der Waals surface area contributed by atoms with Gasteiger partial charge in [0, 0.05) is 25.0 Å². The van der Waals surface area contributed by atoms with Crippen LogP contribution in [-0.4, -0.2) is 34.2 Å². The maximum Gasteiger partial charge on any atom is 0.229 e. The van der Waals surface area contributed by atoms with Crippen LogP contribution in [-0.2, 0) is 6.54 Å². The quantitative estimate of drug-likeness (QED) is 0.851. The molecule has 2 heterocycles. The van der Waals surface area contributed by atoms with Gasteiger partial charge in [-0.3, -0.25) is 4.90 Å². The lowest BCUT2D eigenvalue weighted by molar-refractivity contribution is 0.153. The van der Waals surface area contributed by atoms with Crippen molar-refractivity contribution in [1.82, 2.24) is 15.0 Å². The molecule has 2 atom stereocenters. The molecule has 2 fully saturated rings. The van der Waals surface area contributed by atoms with E-state index in [1.165, 1.54) is 12.8 Å². The number of rotatable bonds is 3. The average molecular weight is 236 g/mol. The Morgan fingerprint density at radius 1 is 1.41 bits per heavy atom. The van der Waals surface area contributed by atoms with E-state index in [0.29, 0.717) is 11.8 Å². The predicted octanol–water partition coefficient (Wildman–Crippen LogP) is 1.12. The molecule has 5 nitrogen and oxygen atoms in total. The van der Waals surface area contributed by atoms with Crippen molar-refractivity contribution in [2.75, 3.05) is 13.1 Å². The Kier molecular flexibility index (Phi) is 2.88. The van der Waals surface area contributed by atoms with E-state index >= 15 is 0 Å². The van der Waals surface area contributed by atoms with Crippen molar-refractivity contribution >= 4 is 0 Å². The highest BCUT2D eigenvalue weighted by Crippen LogP contribution is 2.38. The first-order valence-electron chi connectivity index (χ1n) is 6.51. The number of piperidine rings is 1. The van der Waals surface area contributed by atoms with Gasteiger partial charge in [-0.25, -0.2) is 0 Å². The molecule has 1 aliphatic heterocycles. The maximum absolute atomic E-state index is 6.03. The second kappa shape index (κ2) is 4.38. The number of aromatic nitrogens is 2. The molecule has 0 aromatic carbocycles. The normalized spacial score (nSPS) is 30.7. The molecule has 1 aromatic heterocycles. The molecule has 2 unspecified atom stereocenters. The van der Waals surface area contributed by atoms with E-state index < -0.39 is 0 Å². The third kappa shape index (κ3) is 2.66. The van der Waals surface area contributed by atoms with Gasteiger partial charge in [0.15, 0.2) is 5.82 Å². The van der Waals surface area contributed by atoms with E-state index in [-0.39, 0.29) is 6.04 Å². The molecule has 1 saturated heterocycles. The monoisotopic (exact) mass is 236 g/mol. The number of nitrogens with two attached hydrogens (primary N) is 1. The smallest absolute Gasteiger partial charge is 0.229 e. The summed E-state index contributed by atoms with van der Waals surface area (Å²) in [7, 11) is 0. The molecule has 1 aromatic rings. The molecule has 1 saturated carbocycles. The summed E-state index contributed by atoms with van der Waals surface area (Å²) in [5.41, 5.74) is 6.03. The summed E-state index contributed by atoms with van der Waals surface area (Å²) >= 11 is 0. The van der Waals surface area contributed by atoms with E-state index in [2.05, 4.69) is 22.0 Å². The second-order valence-corrected chi connectivity index (χ2v) is 5.62. The van der Waals surface area contributed by atoms with Gasteiger partial charge in [-0.15, -0.1) is 0 Å². The zero-order valence-electron chi connectivity index (χ0n) is 10.3. The Morgan fingerprint density at radius 3 is 2.94 bits per heavy atom. The Balaban J connectivity index is 1.60. The van der Waals surface area contributed by atoms with Crippen LogP contribution in [0.2, 0.25) is 0 Å². The molecule has 2 N–H and O–H groups in total. The Hall–Kier alpha value is -0.940. The Morgan fingerprint density at radius 2 is 2.24 bits per heavy atom. The van der Waals surface area contributed by atoms with Crippen molar-refractivity contribution in [3.63, 3.8) is 0 Å². The third-order valence-corrected chi connectivity index (χ3v) is 3.54. The van der Waals surface area contributed by atoms with Crippen LogP contribution in [0.15, 0.2) is 4.52 Å². The van der Waals surface area contributed by atoms with Crippen LogP contribution in [0.1, 0.15) is 43.8 Å². The van der Waals surface area contributed by atoms with E-state index in [9.17, 15) is 0 Å². The summed E-state index contributed by atoms with van der Waals surface area (Å²) in [4.78, 5) is 6.79. The van der Waals surface area contributed by atoms with Crippen LogP contribution in [0, 0.1) is 5.92 Å². The number of nitrogens with zero attached hydrogens (tertiary/aromatic N) is 3. The summed E-state index contributed by atoms with van der Waals surface area (Å²) in [6, 6.07) is 0.286. The zero-order chi connectivity index (χ0) is 11.8. The Bertz CT molecular complexity index is 378. The number of hydrogen-bond donors (Lipinski definition) is 1. The Labute approximate surface area is 101 Å². The molecular weight excluding hydrogens is 216 g/mol. The van der Waals surface area contributed by atoms with Gasteiger partial charge in [0.2, 0.25) is 5.89 Å². The fourth-order valence-electron chi connectivity index (χ4n) is 2.67. The SMILES string of the molecule is CC1CC(N)CN(Cc2noc(C3CC3)n2)C1. The minimum atomic E-state index is 0.286. The molecule has 1 aliphatic carbocycles. The molecule has 0 spiro atoms. The van der Waals surface area contributed by atoms with Gasteiger partial charge in [0.1, 0.15) is 0 Å². The van der Waals surface area contributed by atoms with E-state index in [0.717, 1.165) is 37.8 Å². The first kappa shape index (κ1) is 11.2. The van der Waals surface area contributed by atoms with Crippen molar-refractivity contribution in [3.8, 4) is 0 Å². The van der Waals surface area contributed by atoms with E-state index in [1.807, 2.05) is 0 Å². The zero-order valence-corrected chi connectivity index (χ0v) is 10.3. The van der Waals surface area contributed by atoms with Crippen LogP contribution in [0.5, 0.6) is 0 Å². The van der Waals surface area contributed by atoms with Gasteiger partial charge in [-0.05, 0) is 25.2 Å². The predicted molar refractivity (Wildman–Crippen MR) is 63.3 cm³/mol. The van der Waals surface area contributed by atoms with Gasteiger partial charge in [-0.2, -0.15) is 4.98 Å². The van der Waals surface area contributed by atoms with Crippen LogP contribution in [0.25, 0.3) is 0 Å². The molecule has 0 amide bonds. The molecule has 2 aliphatic rings. The van der Waals surface area contributed by atoms with Gasteiger partial charge in [0.25, 0.3) is 0 Å². The minimum Gasteiger partial charge on any atom is -0.339 e. The topological polar surface area (TPSA) is 68.2 Å². The highest BCUT2D eigenvalue weighted by Gasteiger charge is 2.30. The van der Waals surface area contributed by atoms with Gasteiger partial charge < -0.3 is 10.3 Å². The van der Waals surface area contributed by atoms with Crippen LogP contribution in [0.3, 0.4) is 0 Å². The average Bonchev–Trinajstić information content (AvgIpc) is 2.99. The lowest BCUT2D eigenvalue weighted by Crippen LogP contribution is -2.45. The number of likely N-dealkylation sites (tertiary alicyclic amines) is 1. The van der Waals surface area contributed by atoms with Crippen LogP contribution >= 0.6 is 0 Å². The first-order valence-corrected chi connectivity index (χ1v) is 6.51. The second-order valence-electron chi connectivity index (χ2n) is 5.62. The van der Waals surface area contributed by atoms with Crippen molar-refractivity contribution in [3.05, 3.63) is 11.7 Å². The van der Waals surface area contributed by atoms with Crippen molar-refractivity contribution in [1.29, 1.82) is 0 Å². The summed E-state index contributed by atoms with van der Waals surface area (Å²) in [6.07, 6.45) is 3.52. The van der Waals surface area contributed by atoms with Crippen molar-refractivity contribution < 1.29 is 4.52 Å². The first-order chi connectivity index (χ1) is 8.20. The molecular formula is C12H20N4O. The lowest BCUT2D eigenvalue weighted by atomic mass is 9.97. The van der Waals surface area contributed by atoms with E-state index in [4.69, 9.17) is 10.3 Å². The maximum atomic E-state index is 6.03. The van der Waals surface area contributed by atoms with Gasteiger partial charge >= 0.3 is 0 Å². The fraction of sp³-hybridized carbons (Fsp3) is 0.833.